The molecular formula is C23H24ClN2O3+. The lowest BCUT2D eigenvalue weighted by Crippen LogP contribution is -2.37. The van der Waals surface area contributed by atoms with Crippen LogP contribution in [0.5, 0.6) is 5.75 Å². The van der Waals surface area contributed by atoms with Gasteiger partial charge in [0.25, 0.3) is 0 Å². The number of rotatable bonds is 11. The van der Waals surface area contributed by atoms with Crippen molar-refractivity contribution >= 4 is 17.4 Å². The Labute approximate surface area is 175 Å². The highest BCUT2D eigenvalue weighted by Gasteiger charge is 2.19. The fraction of sp³-hybridized carbons (Fsp3) is 0.217. The van der Waals surface area contributed by atoms with E-state index in [2.05, 4.69) is 6.58 Å². The van der Waals surface area contributed by atoms with Gasteiger partial charge in [-0.05, 0) is 18.2 Å². The van der Waals surface area contributed by atoms with Crippen molar-refractivity contribution in [3.63, 3.8) is 0 Å². The van der Waals surface area contributed by atoms with Crippen molar-refractivity contribution in [2.75, 3.05) is 13.2 Å². The largest absolute Gasteiger partial charge is 0.486 e. The standard InChI is InChI=1S/C23H24ClN2O3/c1-2-14-28-23(21-10-6-7-11-22(21)24)16-26-13-12-25(18-26)15-19(27)17-29-20-8-4-3-5-9-20/h2-13,18,23H,1,14-17H2/q+1. The smallest absolute Gasteiger partial charge is 0.244 e. The number of hydrogen-bond acceptors (Lipinski definition) is 3. The Morgan fingerprint density at radius 3 is 2.69 bits per heavy atom. The molecule has 0 bridgehead atoms. The van der Waals surface area contributed by atoms with E-state index in [9.17, 15) is 4.79 Å². The van der Waals surface area contributed by atoms with Crippen molar-refractivity contribution in [1.29, 1.82) is 0 Å². The highest BCUT2D eigenvalue weighted by atomic mass is 35.5. The number of Topliss-reactive ketones (excluding diaryl/α,β-unsaturated/α-hetero) is 1. The van der Waals surface area contributed by atoms with Crippen LogP contribution >= 0.6 is 11.6 Å². The second-order valence-corrected chi connectivity index (χ2v) is 6.96. The highest BCUT2D eigenvalue weighted by molar-refractivity contribution is 6.31. The number of para-hydroxylation sites is 1. The van der Waals surface area contributed by atoms with Gasteiger partial charge in [-0.25, -0.2) is 9.13 Å². The van der Waals surface area contributed by atoms with Crippen molar-refractivity contribution in [3.8, 4) is 5.75 Å². The molecule has 0 fully saturated rings. The predicted molar refractivity (Wildman–Crippen MR) is 112 cm³/mol. The Morgan fingerprint density at radius 1 is 1.17 bits per heavy atom. The number of nitrogens with zero attached hydrogens (tertiary/aromatic N) is 2. The minimum atomic E-state index is -0.223. The summed E-state index contributed by atoms with van der Waals surface area (Å²) in [5.41, 5.74) is 0.920. The summed E-state index contributed by atoms with van der Waals surface area (Å²) >= 11 is 6.34. The molecule has 1 unspecified atom stereocenters. The van der Waals surface area contributed by atoms with Crippen LogP contribution in [0.3, 0.4) is 0 Å². The lowest BCUT2D eigenvalue weighted by molar-refractivity contribution is -0.683. The second kappa shape index (κ2) is 10.6. The summed E-state index contributed by atoms with van der Waals surface area (Å²) in [4.78, 5) is 12.2. The molecule has 0 aliphatic rings. The van der Waals surface area contributed by atoms with Crippen molar-refractivity contribution in [3.05, 3.63) is 96.6 Å². The highest BCUT2D eigenvalue weighted by Crippen LogP contribution is 2.26. The summed E-state index contributed by atoms with van der Waals surface area (Å²) in [6.07, 6.45) is 7.14. The number of imidazole rings is 1. The van der Waals surface area contributed by atoms with Gasteiger partial charge in [0.15, 0.2) is 13.2 Å². The van der Waals surface area contributed by atoms with Gasteiger partial charge >= 0.3 is 0 Å². The lowest BCUT2D eigenvalue weighted by atomic mass is 10.1. The molecule has 1 aromatic heterocycles. The second-order valence-electron chi connectivity index (χ2n) is 6.56. The summed E-state index contributed by atoms with van der Waals surface area (Å²) in [5, 5.41) is 0.662. The Kier molecular flexibility index (Phi) is 7.61. The van der Waals surface area contributed by atoms with Gasteiger partial charge in [0, 0.05) is 10.6 Å². The van der Waals surface area contributed by atoms with E-state index < -0.39 is 0 Å². The van der Waals surface area contributed by atoms with Crippen LogP contribution in [0.4, 0.5) is 0 Å². The van der Waals surface area contributed by atoms with E-state index in [1.54, 1.807) is 6.08 Å². The van der Waals surface area contributed by atoms with Crippen LogP contribution < -0.4 is 9.30 Å². The third kappa shape index (κ3) is 6.31. The Balaban J connectivity index is 1.59. The van der Waals surface area contributed by atoms with Crippen molar-refractivity contribution in [1.82, 2.24) is 4.57 Å². The lowest BCUT2D eigenvalue weighted by Gasteiger charge is -2.17. The zero-order chi connectivity index (χ0) is 20.5. The molecule has 29 heavy (non-hydrogen) atoms. The molecule has 3 aromatic rings. The average Bonchev–Trinajstić information content (AvgIpc) is 3.17. The number of halogens is 1. The maximum atomic E-state index is 12.2. The Bertz CT molecular complexity index is 940. The molecule has 0 amide bonds. The molecule has 150 valence electrons. The number of ether oxygens (including phenoxy) is 2. The average molecular weight is 412 g/mol. The van der Waals surface area contributed by atoms with Crippen LogP contribution in [0.15, 0.2) is 86.0 Å². The molecule has 0 saturated heterocycles. The van der Waals surface area contributed by atoms with Crippen LogP contribution in [-0.4, -0.2) is 23.6 Å². The number of carbonyl (C=O) groups excluding carboxylic acids is 1. The van der Waals surface area contributed by atoms with E-state index >= 15 is 0 Å². The molecule has 1 heterocycles. The first kappa shape index (κ1) is 20.8. The van der Waals surface area contributed by atoms with Gasteiger partial charge in [0.1, 0.15) is 30.8 Å². The fourth-order valence-electron chi connectivity index (χ4n) is 2.92. The van der Waals surface area contributed by atoms with Gasteiger partial charge < -0.3 is 9.47 Å². The third-order valence-corrected chi connectivity index (χ3v) is 4.64. The number of carbonyl (C=O) groups is 1. The number of aromatic nitrogens is 2. The monoisotopic (exact) mass is 411 g/mol. The molecule has 5 nitrogen and oxygen atoms in total. The minimum Gasteiger partial charge on any atom is -0.486 e. The fourth-order valence-corrected chi connectivity index (χ4v) is 3.18. The Morgan fingerprint density at radius 2 is 1.93 bits per heavy atom. The summed E-state index contributed by atoms with van der Waals surface area (Å²) in [6.45, 7) is 4.98. The summed E-state index contributed by atoms with van der Waals surface area (Å²) in [7, 11) is 0. The number of hydrogen-bond donors (Lipinski definition) is 0. The van der Waals surface area contributed by atoms with Gasteiger partial charge in [-0.2, -0.15) is 0 Å². The molecule has 0 radical (unpaired) electrons. The van der Waals surface area contributed by atoms with Crippen molar-refractivity contribution in [2.24, 2.45) is 0 Å². The number of ketones is 1. The molecule has 0 spiro atoms. The molecule has 2 aromatic carbocycles. The van der Waals surface area contributed by atoms with Crippen LogP contribution in [0.2, 0.25) is 5.02 Å². The summed E-state index contributed by atoms with van der Waals surface area (Å²) < 4.78 is 15.2. The third-order valence-electron chi connectivity index (χ3n) is 4.29. The number of benzene rings is 2. The van der Waals surface area contributed by atoms with Crippen LogP contribution in [0, 0.1) is 0 Å². The van der Waals surface area contributed by atoms with E-state index in [0.717, 1.165) is 5.56 Å². The maximum Gasteiger partial charge on any atom is 0.244 e. The summed E-state index contributed by atoms with van der Waals surface area (Å²) in [6, 6.07) is 16.9. The molecule has 0 aliphatic heterocycles. The first-order valence-electron chi connectivity index (χ1n) is 9.37. The van der Waals surface area contributed by atoms with Gasteiger partial charge in [-0.15, -0.1) is 6.58 Å². The molecule has 6 heteroatoms. The van der Waals surface area contributed by atoms with E-state index in [1.165, 1.54) is 0 Å². The normalized spacial score (nSPS) is 11.8. The predicted octanol–water partition coefficient (Wildman–Crippen LogP) is 4.02. The van der Waals surface area contributed by atoms with Gasteiger partial charge in [0.2, 0.25) is 12.1 Å². The molecule has 0 aliphatic carbocycles. The van der Waals surface area contributed by atoms with Crippen LogP contribution in [0.25, 0.3) is 0 Å². The van der Waals surface area contributed by atoms with E-state index in [4.69, 9.17) is 21.1 Å². The molecule has 0 N–H and O–H groups in total. The zero-order valence-corrected chi connectivity index (χ0v) is 16.9. The van der Waals surface area contributed by atoms with Crippen molar-refractivity contribution < 1.29 is 18.8 Å². The SMILES string of the molecule is C=CCOC(Cn1cc[n+](CC(=O)COc2ccccc2)c1)c1ccccc1Cl. The topological polar surface area (TPSA) is 44.3 Å². The molecule has 0 saturated carbocycles. The van der Waals surface area contributed by atoms with Crippen molar-refractivity contribution in [2.45, 2.75) is 19.2 Å². The quantitative estimate of drug-likeness (QED) is 0.353. The first-order valence-corrected chi connectivity index (χ1v) is 9.75. The van der Waals surface area contributed by atoms with Crippen LogP contribution in [0.1, 0.15) is 11.7 Å². The van der Waals surface area contributed by atoms with Crippen LogP contribution in [-0.2, 0) is 22.6 Å². The Hall–Kier alpha value is -2.89. The summed E-state index contributed by atoms with van der Waals surface area (Å²) in [5.74, 6) is 0.674. The molecular weight excluding hydrogens is 388 g/mol. The first-order chi connectivity index (χ1) is 14.2. The van der Waals surface area contributed by atoms with E-state index in [0.29, 0.717) is 23.9 Å². The minimum absolute atomic E-state index is 0.0119. The van der Waals surface area contributed by atoms with Gasteiger partial charge in [-0.3, -0.25) is 4.79 Å². The van der Waals surface area contributed by atoms with Gasteiger partial charge in [0.05, 0.1) is 6.61 Å². The zero-order valence-electron chi connectivity index (χ0n) is 16.1. The molecule has 3 rings (SSSR count). The maximum absolute atomic E-state index is 12.2. The van der Waals surface area contributed by atoms with Gasteiger partial charge in [-0.1, -0.05) is 54.1 Å². The van der Waals surface area contributed by atoms with E-state index in [-0.39, 0.29) is 25.0 Å². The molecule has 1 atom stereocenters. The van der Waals surface area contributed by atoms with E-state index in [1.807, 2.05) is 82.5 Å².